The average Bonchev–Trinajstić information content (AvgIpc) is 2.53. The molecule has 3 rings (SSSR count). The summed E-state index contributed by atoms with van der Waals surface area (Å²) in [5.41, 5.74) is 8.84. The first kappa shape index (κ1) is 12.6. The lowest BCUT2D eigenvalue weighted by Gasteiger charge is -2.20. The number of hydrogen-bond donors (Lipinski definition) is 1. The Kier molecular flexibility index (Phi) is 3.31. The molecule has 100 valence electrons. The van der Waals surface area contributed by atoms with Gasteiger partial charge in [-0.3, -0.25) is 0 Å². The third kappa shape index (κ3) is 2.21. The number of anilines is 2. The zero-order valence-corrected chi connectivity index (χ0v) is 11.3. The standard InChI is InChI=1S/C16H16N4/c1-20(15-9-5-3-6-12(15)10-17)16-18-11-13-7-2-4-8-14(13)19-16/h2-9,11H,10,17H2,1H3. The average molecular weight is 264 g/mol. The van der Waals surface area contributed by atoms with Crippen molar-refractivity contribution in [3.05, 3.63) is 60.3 Å². The van der Waals surface area contributed by atoms with Gasteiger partial charge in [-0.25, -0.2) is 9.97 Å². The highest BCUT2D eigenvalue weighted by atomic mass is 15.2. The summed E-state index contributed by atoms with van der Waals surface area (Å²) in [6.45, 7) is 0.494. The number of hydrogen-bond acceptors (Lipinski definition) is 4. The van der Waals surface area contributed by atoms with Gasteiger partial charge in [-0.1, -0.05) is 36.4 Å². The van der Waals surface area contributed by atoms with E-state index in [1.807, 2.05) is 66.7 Å². The molecule has 0 spiro atoms. The van der Waals surface area contributed by atoms with E-state index in [0.29, 0.717) is 12.5 Å². The van der Waals surface area contributed by atoms with E-state index in [1.165, 1.54) is 0 Å². The number of aromatic nitrogens is 2. The molecule has 4 heteroatoms. The zero-order chi connectivity index (χ0) is 13.9. The molecule has 20 heavy (non-hydrogen) atoms. The van der Waals surface area contributed by atoms with Crippen molar-refractivity contribution in [1.29, 1.82) is 0 Å². The normalized spacial score (nSPS) is 10.7. The number of rotatable bonds is 3. The molecule has 4 nitrogen and oxygen atoms in total. The summed E-state index contributed by atoms with van der Waals surface area (Å²) >= 11 is 0. The van der Waals surface area contributed by atoms with Crippen molar-refractivity contribution < 1.29 is 0 Å². The predicted octanol–water partition coefficient (Wildman–Crippen LogP) is 2.86. The largest absolute Gasteiger partial charge is 0.326 e. The van der Waals surface area contributed by atoms with Crippen molar-refractivity contribution >= 4 is 22.5 Å². The van der Waals surface area contributed by atoms with Gasteiger partial charge in [0.15, 0.2) is 0 Å². The first-order chi connectivity index (χ1) is 9.79. The monoisotopic (exact) mass is 264 g/mol. The highest BCUT2D eigenvalue weighted by molar-refractivity contribution is 5.79. The lowest BCUT2D eigenvalue weighted by atomic mass is 10.1. The second-order valence-electron chi connectivity index (χ2n) is 4.62. The van der Waals surface area contributed by atoms with E-state index in [0.717, 1.165) is 22.2 Å². The van der Waals surface area contributed by atoms with Crippen molar-refractivity contribution in [3.8, 4) is 0 Å². The van der Waals surface area contributed by atoms with Crippen LogP contribution in [0.1, 0.15) is 5.56 Å². The van der Waals surface area contributed by atoms with Crippen LogP contribution in [-0.4, -0.2) is 17.0 Å². The van der Waals surface area contributed by atoms with E-state index in [-0.39, 0.29) is 0 Å². The minimum absolute atomic E-state index is 0.494. The molecule has 0 aliphatic carbocycles. The fourth-order valence-corrected chi connectivity index (χ4v) is 2.24. The predicted molar refractivity (Wildman–Crippen MR) is 81.9 cm³/mol. The van der Waals surface area contributed by atoms with Crippen LogP contribution in [0.25, 0.3) is 10.9 Å². The van der Waals surface area contributed by atoms with Crippen molar-refractivity contribution in [2.24, 2.45) is 5.73 Å². The van der Waals surface area contributed by atoms with Crippen LogP contribution in [0.15, 0.2) is 54.7 Å². The smallest absolute Gasteiger partial charge is 0.230 e. The Morgan fingerprint density at radius 2 is 1.80 bits per heavy atom. The molecule has 2 N–H and O–H groups in total. The molecular weight excluding hydrogens is 248 g/mol. The van der Waals surface area contributed by atoms with Crippen LogP contribution in [0, 0.1) is 0 Å². The lowest BCUT2D eigenvalue weighted by Crippen LogP contribution is -2.16. The van der Waals surface area contributed by atoms with Crippen LogP contribution in [0.2, 0.25) is 0 Å². The first-order valence-corrected chi connectivity index (χ1v) is 6.53. The van der Waals surface area contributed by atoms with Gasteiger partial charge >= 0.3 is 0 Å². The maximum Gasteiger partial charge on any atom is 0.230 e. The Labute approximate surface area is 117 Å². The van der Waals surface area contributed by atoms with Gasteiger partial charge in [0.25, 0.3) is 0 Å². The highest BCUT2D eigenvalue weighted by Crippen LogP contribution is 2.25. The second-order valence-corrected chi connectivity index (χ2v) is 4.62. The third-order valence-electron chi connectivity index (χ3n) is 3.35. The third-order valence-corrected chi connectivity index (χ3v) is 3.35. The van der Waals surface area contributed by atoms with Gasteiger partial charge in [-0.15, -0.1) is 0 Å². The van der Waals surface area contributed by atoms with E-state index in [1.54, 1.807) is 0 Å². The second kappa shape index (κ2) is 5.27. The van der Waals surface area contributed by atoms with Gasteiger partial charge in [0.05, 0.1) is 5.52 Å². The Hall–Kier alpha value is -2.46. The molecule has 2 aromatic carbocycles. The molecule has 0 unspecified atom stereocenters. The lowest BCUT2D eigenvalue weighted by molar-refractivity contribution is 1.01. The van der Waals surface area contributed by atoms with Gasteiger partial charge < -0.3 is 10.6 Å². The molecule has 0 fully saturated rings. The fourth-order valence-electron chi connectivity index (χ4n) is 2.24. The number of fused-ring (bicyclic) bond motifs is 1. The molecule has 0 amide bonds. The zero-order valence-electron chi connectivity index (χ0n) is 11.3. The summed E-state index contributed by atoms with van der Waals surface area (Å²) < 4.78 is 0. The molecule has 0 bridgehead atoms. The van der Waals surface area contributed by atoms with Crippen LogP contribution in [0.3, 0.4) is 0 Å². The van der Waals surface area contributed by atoms with E-state index in [4.69, 9.17) is 5.73 Å². The number of benzene rings is 2. The molecule has 0 aliphatic heterocycles. The molecule has 0 radical (unpaired) electrons. The first-order valence-electron chi connectivity index (χ1n) is 6.53. The molecule has 1 heterocycles. The number of nitrogens with two attached hydrogens (primary N) is 1. The maximum atomic E-state index is 5.79. The summed E-state index contributed by atoms with van der Waals surface area (Å²) in [4.78, 5) is 11.0. The maximum absolute atomic E-state index is 5.79. The van der Waals surface area contributed by atoms with Gasteiger partial charge in [0.1, 0.15) is 0 Å². The minimum atomic E-state index is 0.494. The summed E-state index contributed by atoms with van der Waals surface area (Å²) in [5, 5.41) is 1.04. The molecular formula is C16H16N4. The van der Waals surface area contributed by atoms with E-state index in [2.05, 4.69) is 9.97 Å². The van der Waals surface area contributed by atoms with Crippen LogP contribution in [-0.2, 0) is 6.54 Å². The van der Waals surface area contributed by atoms with Crippen molar-refractivity contribution in [1.82, 2.24) is 9.97 Å². The Morgan fingerprint density at radius 1 is 1.05 bits per heavy atom. The Bertz CT molecular complexity index is 739. The number of nitrogens with zero attached hydrogens (tertiary/aromatic N) is 3. The molecule has 0 atom stereocenters. The quantitative estimate of drug-likeness (QED) is 0.790. The fraction of sp³-hybridized carbons (Fsp3) is 0.125. The van der Waals surface area contributed by atoms with Gasteiger partial charge in [-0.2, -0.15) is 0 Å². The topological polar surface area (TPSA) is 55.0 Å². The van der Waals surface area contributed by atoms with Crippen molar-refractivity contribution in [2.75, 3.05) is 11.9 Å². The Morgan fingerprint density at radius 3 is 2.65 bits per heavy atom. The SMILES string of the molecule is CN(c1ncc2ccccc2n1)c1ccccc1CN. The summed E-state index contributed by atoms with van der Waals surface area (Å²) in [6.07, 6.45) is 1.85. The van der Waals surface area contributed by atoms with Gasteiger partial charge in [0, 0.05) is 30.9 Å². The molecule has 0 saturated carbocycles. The van der Waals surface area contributed by atoms with E-state index in [9.17, 15) is 0 Å². The van der Waals surface area contributed by atoms with Crippen LogP contribution in [0.5, 0.6) is 0 Å². The molecule has 0 saturated heterocycles. The van der Waals surface area contributed by atoms with Crippen LogP contribution < -0.4 is 10.6 Å². The summed E-state index contributed by atoms with van der Waals surface area (Å²) in [5.74, 6) is 0.671. The van der Waals surface area contributed by atoms with E-state index >= 15 is 0 Å². The van der Waals surface area contributed by atoms with E-state index < -0.39 is 0 Å². The van der Waals surface area contributed by atoms with Crippen LogP contribution >= 0.6 is 0 Å². The molecule has 1 aromatic heterocycles. The number of para-hydroxylation sites is 2. The van der Waals surface area contributed by atoms with Crippen molar-refractivity contribution in [3.63, 3.8) is 0 Å². The van der Waals surface area contributed by atoms with Crippen LogP contribution in [0.4, 0.5) is 11.6 Å². The van der Waals surface area contributed by atoms with Crippen molar-refractivity contribution in [2.45, 2.75) is 6.54 Å². The summed E-state index contributed by atoms with van der Waals surface area (Å²) in [6, 6.07) is 16.0. The Balaban J connectivity index is 2.05. The summed E-state index contributed by atoms with van der Waals surface area (Å²) in [7, 11) is 1.96. The highest BCUT2D eigenvalue weighted by Gasteiger charge is 2.10. The molecule has 0 aliphatic rings. The minimum Gasteiger partial charge on any atom is -0.326 e. The van der Waals surface area contributed by atoms with Gasteiger partial charge in [-0.05, 0) is 17.7 Å². The van der Waals surface area contributed by atoms with Gasteiger partial charge in [0.2, 0.25) is 5.95 Å². The molecule has 3 aromatic rings.